The third-order valence-corrected chi connectivity index (χ3v) is 2.00. The molecule has 78 valence electrons. The monoisotopic (exact) mass is 246 g/mol. The van der Waals surface area contributed by atoms with Gasteiger partial charge < -0.3 is 0 Å². The van der Waals surface area contributed by atoms with Crippen molar-refractivity contribution in [3.05, 3.63) is 33.6 Å². The van der Waals surface area contributed by atoms with Gasteiger partial charge in [-0.15, -0.1) is 0 Å². The highest BCUT2D eigenvalue weighted by molar-refractivity contribution is 6.34. The first-order chi connectivity index (χ1) is 6.29. The molecule has 0 aromatic heterocycles. The highest BCUT2D eigenvalue weighted by Crippen LogP contribution is 2.28. The molecule has 0 radical (unpaired) electrons. The molecule has 0 heterocycles. The topological polar surface area (TPSA) is 0 Å². The molecule has 0 aliphatic heterocycles. The van der Waals surface area contributed by atoms with Gasteiger partial charge in [-0.1, -0.05) is 23.2 Å². The number of halogens is 6. The van der Waals surface area contributed by atoms with Crippen molar-refractivity contribution in [2.45, 2.75) is 12.6 Å². The normalized spacial score (nSPS) is 11.9. The molecule has 0 spiro atoms. The van der Waals surface area contributed by atoms with Crippen LogP contribution in [-0.4, -0.2) is 6.18 Å². The Hall–Kier alpha value is -0.480. The summed E-state index contributed by atoms with van der Waals surface area (Å²) in [5.74, 6) is -0.903. The minimum absolute atomic E-state index is 0.158. The fourth-order valence-corrected chi connectivity index (χ4v) is 1.47. The van der Waals surface area contributed by atoms with Gasteiger partial charge in [-0.05, 0) is 17.7 Å². The molecule has 0 bridgehead atoms. The van der Waals surface area contributed by atoms with E-state index in [9.17, 15) is 17.6 Å². The molecule has 0 amide bonds. The number of benzene rings is 1. The summed E-state index contributed by atoms with van der Waals surface area (Å²) in [6, 6.07) is 1.83. The first kappa shape index (κ1) is 11.6. The van der Waals surface area contributed by atoms with Gasteiger partial charge in [-0.2, -0.15) is 13.2 Å². The SMILES string of the molecule is Fc1c(Cl)cc(CC(F)(F)F)cc1Cl. The van der Waals surface area contributed by atoms with Gasteiger partial charge in [-0.3, -0.25) is 0 Å². The van der Waals surface area contributed by atoms with E-state index in [0.717, 1.165) is 12.1 Å². The first-order valence-corrected chi connectivity index (χ1v) is 4.25. The van der Waals surface area contributed by atoms with E-state index in [4.69, 9.17) is 23.2 Å². The Morgan fingerprint density at radius 3 is 1.86 bits per heavy atom. The lowest BCUT2D eigenvalue weighted by molar-refractivity contribution is -0.127. The smallest absolute Gasteiger partial charge is 0.204 e. The summed E-state index contributed by atoms with van der Waals surface area (Å²) < 4.78 is 48.6. The molecule has 1 rings (SSSR count). The summed E-state index contributed by atoms with van der Waals surface area (Å²) in [6.45, 7) is 0. The van der Waals surface area contributed by atoms with E-state index in [1.54, 1.807) is 0 Å². The average Bonchev–Trinajstić information content (AvgIpc) is 1.96. The van der Waals surface area contributed by atoms with E-state index in [1.807, 2.05) is 0 Å². The number of rotatable bonds is 1. The molecule has 0 fully saturated rings. The second-order valence-electron chi connectivity index (χ2n) is 2.67. The van der Waals surface area contributed by atoms with Crippen LogP contribution in [0.2, 0.25) is 10.0 Å². The quantitative estimate of drug-likeness (QED) is 0.514. The van der Waals surface area contributed by atoms with Gasteiger partial charge in [0.05, 0.1) is 16.5 Å². The number of hydrogen-bond donors (Lipinski definition) is 0. The fourth-order valence-electron chi connectivity index (χ4n) is 0.942. The molecule has 1 aromatic carbocycles. The van der Waals surface area contributed by atoms with Gasteiger partial charge in [0.1, 0.15) is 0 Å². The Balaban J connectivity index is 3.02. The molecule has 0 unspecified atom stereocenters. The van der Waals surface area contributed by atoms with Crippen molar-refractivity contribution in [1.82, 2.24) is 0 Å². The molecule has 14 heavy (non-hydrogen) atoms. The van der Waals surface area contributed by atoms with E-state index in [0.29, 0.717) is 0 Å². The Morgan fingerprint density at radius 2 is 1.50 bits per heavy atom. The van der Waals surface area contributed by atoms with Crippen LogP contribution in [0, 0.1) is 5.82 Å². The van der Waals surface area contributed by atoms with Crippen molar-refractivity contribution in [2.75, 3.05) is 0 Å². The molecule has 6 heteroatoms. The van der Waals surface area contributed by atoms with Gasteiger partial charge in [0, 0.05) is 0 Å². The number of alkyl halides is 3. The highest BCUT2D eigenvalue weighted by Gasteiger charge is 2.28. The van der Waals surface area contributed by atoms with Gasteiger partial charge in [-0.25, -0.2) is 4.39 Å². The van der Waals surface area contributed by atoms with Crippen molar-refractivity contribution in [1.29, 1.82) is 0 Å². The zero-order valence-corrected chi connectivity index (χ0v) is 8.14. The number of hydrogen-bond acceptors (Lipinski definition) is 0. The van der Waals surface area contributed by atoms with Crippen LogP contribution in [-0.2, 0) is 6.42 Å². The van der Waals surface area contributed by atoms with Crippen LogP contribution >= 0.6 is 23.2 Å². The third-order valence-electron chi connectivity index (χ3n) is 1.45. The Kier molecular flexibility index (Phi) is 3.27. The highest BCUT2D eigenvalue weighted by atomic mass is 35.5. The van der Waals surface area contributed by atoms with Crippen LogP contribution in [0.15, 0.2) is 12.1 Å². The molecule has 0 N–H and O–H groups in total. The van der Waals surface area contributed by atoms with Gasteiger partial charge in [0.15, 0.2) is 5.82 Å². The standard InChI is InChI=1S/C8H4Cl2F4/c9-5-1-4(3-8(12,13)14)2-6(10)7(5)11/h1-2H,3H2. The Labute approximate surface area is 87.4 Å². The second-order valence-corrected chi connectivity index (χ2v) is 3.48. The van der Waals surface area contributed by atoms with Crippen molar-refractivity contribution < 1.29 is 17.6 Å². The maximum atomic E-state index is 12.8. The third kappa shape index (κ3) is 3.03. The van der Waals surface area contributed by atoms with Crippen LogP contribution in [0.1, 0.15) is 5.56 Å². The molecule has 0 nitrogen and oxygen atoms in total. The largest absolute Gasteiger partial charge is 0.393 e. The average molecular weight is 247 g/mol. The molecule has 0 aliphatic carbocycles. The Bertz CT molecular complexity index is 323. The lowest BCUT2D eigenvalue weighted by Crippen LogP contribution is -2.11. The summed E-state index contributed by atoms with van der Waals surface area (Å²) in [5.41, 5.74) is -0.158. The molecule has 1 aromatic rings. The molecule has 0 atom stereocenters. The van der Waals surface area contributed by atoms with Gasteiger partial charge in [0.2, 0.25) is 0 Å². The van der Waals surface area contributed by atoms with E-state index in [2.05, 4.69) is 0 Å². The molecule has 0 saturated heterocycles. The lowest BCUT2D eigenvalue weighted by Gasteiger charge is -2.07. The van der Waals surface area contributed by atoms with Crippen LogP contribution in [0.4, 0.5) is 17.6 Å². The summed E-state index contributed by atoms with van der Waals surface area (Å²) in [6.07, 6.45) is -5.53. The summed E-state index contributed by atoms with van der Waals surface area (Å²) >= 11 is 10.6. The maximum absolute atomic E-state index is 12.8. The van der Waals surface area contributed by atoms with Crippen molar-refractivity contribution in [3.8, 4) is 0 Å². The Morgan fingerprint density at radius 1 is 1.07 bits per heavy atom. The fraction of sp³-hybridized carbons (Fsp3) is 0.250. The van der Waals surface area contributed by atoms with Crippen LogP contribution in [0.25, 0.3) is 0 Å². The lowest BCUT2D eigenvalue weighted by atomic mass is 10.1. The minimum Gasteiger partial charge on any atom is -0.204 e. The van der Waals surface area contributed by atoms with Crippen molar-refractivity contribution in [2.24, 2.45) is 0 Å². The van der Waals surface area contributed by atoms with Crippen LogP contribution in [0.5, 0.6) is 0 Å². The zero-order valence-electron chi connectivity index (χ0n) is 6.63. The molecule has 0 aliphatic rings. The van der Waals surface area contributed by atoms with Gasteiger partial charge in [0.25, 0.3) is 0 Å². The second kappa shape index (κ2) is 3.95. The minimum atomic E-state index is -4.36. The van der Waals surface area contributed by atoms with E-state index in [-0.39, 0.29) is 5.56 Å². The van der Waals surface area contributed by atoms with Crippen molar-refractivity contribution in [3.63, 3.8) is 0 Å². The summed E-state index contributed by atoms with van der Waals surface area (Å²) in [7, 11) is 0. The van der Waals surface area contributed by atoms with Crippen molar-refractivity contribution >= 4 is 23.2 Å². The van der Waals surface area contributed by atoms with E-state index >= 15 is 0 Å². The van der Waals surface area contributed by atoms with E-state index in [1.165, 1.54) is 0 Å². The van der Waals surface area contributed by atoms with Gasteiger partial charge >= 0.3 is 6.18 Å². The molecule has 0 saturated carbocycles. The first-order valence-electron chi connectivity index (χ1n) is 3.50. The molecular weight excluding hydrogens is 243 g/mol. The predicted octanol–water partition coefficient (Wildman–Crippen LogP) is 4.24. The summed E-state index contributed by atoms with van der Waals surface area (Å²) in [5, 5.41) is -0.812. The zero-order chi connectivity index (χ0) is 10.9. The predicted molar refractivity (Wildman–Crippen MR) is 46.2 cm³/mol. The van der Waals surface area contributed by atoms with Crippen LogP contribution in [0.3, 0.4) is 0 Å². The van der Waals surface area contributed by atoms with E-state index < -0.39 is 28.5 Å². The summed E-state index contributed by atoms with van der Waals surface area (Å²) in [4.78, 5) is 0. The molecular formula is C8H4Cl2F4. The van der Waals surface area contributed by atoms with Crippen LogP contribution < -0.4 is 0 Å². The maximum Gasteiger partial charge on any atom is 0.393 e.